The number of benzene rings is 1. The van der Waals surface area contributed by atoms with Gasteiger partial charge in [-0.2, -0.15) is 5.10 Å². The van der Waals surface area contributed by atoms with Crippen LogP contribution in [0.25, 0.3) is 22.3 Å². The smallest absolute Gasteiger partial charge is 0.256 e. The molecule has 0 aliphatic rings. The summed E-state index contributed by atoms with van der Waals surface area (Å²) in [5.74, 6) is 1.83. The van der Waals surface area contributed by atoms with Crippen LogP contribution in [0.2, 0.25) is 5.02 Å². The van der Waals surface area contributed by atoms with E-state index >= 15 is 0 Å². The van der Waals surface area contributed by atoms with Crippen LogP contribution in [0.1, 0.15) is 41.8 Å². The van der Waals surface area contributed by atoms with Crippen LogP contribution in [0.4, 0.5) is 5.69 Å². The van der Waals surface area contributed by atoms with Crippen molar-refractivity contribution in [2.24, 2.45) is 0 Å². The minimum atomic E-state index is -0.304. The molecule has 4 rings (SSSR count). The first-order valence-corrected chi connectivity index (χ1v) is 10.3. The molecular weight excluding hydrogens is 416 g/mol. The normalized spacial score (nSPS) is 11.3. The Morgan fingerprint density at radius 1 is 1.23 bits per heavy atom. The summed E-state index contributed by atoms with van der Waals surface area (Å²) in [6, 6.07) is 8.86. The third-order valence-corrected chi connectivity index (χ3v) is 5.35. The summed E-state index contributed by atoms with van der Waals surface area (Å²) in [6.45, 7) is 7.80. The number of carbonyl (C=O) groups is 1. The maximum atomic E-state index is 13.3. The monoisotopic (exact) mass is 438 g/mol. The van der Waals surface area contributed by atoms with E-state index in [1.165, 1.54) is 0 Å². The van der Waals surface area contributed by atoms with Crippen LogP contribution in [0.3, 0.4) is 0 Å². The lowest BCUT2D eigenvalue weighted by molar-refractivity contribution is 0.102. The zero-order valence-electron chi connectivity index (χ0n) is 18.0. The van der Waals surface area contributed by atoms with E-state index in [1.54, 1.807) is 42.3 Å². The molecule has 4 aromatic rings. The number of rotatable bonds is 5. The molecule has 0 radical (unpaired) electrons. The van der Waals surface area contributed by atoms with Crippen molar-refractivity contribution in [3.05, 3.63) is 58.6 Å². The Bertz CT molecular complexity index is 1290. The van der Waals surface area contributed by atoms with Crippen molar-refractivity contribution in [2.75, 3.05) is 12.4 Å². The molecule has 3 aromatic heterocycles. The van der Waals surface area contributed by atoms with Crippen molar-refractivity contribution < 1.29 is 13.9 Å². The van der Waals surface area contributed by atoms with Gasteiger partial charge in [0.15, 0.2) is 5.65 Å². The molecule has 1 N–H and O–H groups in total. The highest BCUT2D eigenvalue weighted by Crippen LogP contribution is 2.32. The zero-order valence-corrected chi connectivity index (χ0v) is 18.7. The van der Waals surface area contributed by atoms with Crippen LogP contribution in [0, 0.1) is 13.8 Å². The maximum absolute atomic E-state index is 13.3. The first-order valence-electron chi connectivity index (χ1n) is 9.89. The number of hydrogen-bond acceptors (Lipinski definition) is 5. The van der Waals surface area contributed by atoms with Gasteiger partial charge >= 0.3 is 0 Å². The predicted molar refractivity (Wildman–Crippen MR) is 121 cm³/mol. The molecule has 0 spiro atoms. The Kier molecular flexibility index (Phi) is 5.45. The van der Waals surface area contributed by atoms with Crippen molar-refractivity contribution in [1.29, 1.82) is 0 Å². The molecule has 0 aliphatic heterocycles. The predicted octanol–water partition coefficient (Wildman–Crippen LogP) is 5.80. The summed E-state index contributed by atoms with van der Waals surface area (Å²) in [5, 5.41) is 8.40. The third kappa shape index (κ3) is 3.88. The number of methoxy groups -OCH3 is 1. The van der Waals surface area contributed by atoms with Gasteiger partial charge < -0.3 is 14.5 Å². The average molecular weight is 439 g/mol. The fourth-order valence-corrected chi connectivity index (χ4v) is 3.74. The van der Waals surface area contributed by atoms with Gasteiger partial charge in [0.2, 0.25) is 0 Å². The number of fused-ring (bicyclic) bond motifs is 1. The van der Waals surface area contributed by atoms with E-state index in [1.807, 2.05) is 33.8 Å². The summed E-state index contributed by atoms with van der Waals surface area (Å²) >= 11 is 6.32. The fourth-order valence-electron chi connectivity index (χ4n) is 3.52. The molecule has 0 saturated heterocycles. The number of aromatic nitrogens is 3. The van der Waals surface area contributed by atoms with Crippen LogP contribution in [-0.4, -0.2) is 27.8 Å². The molecular formula is C23H23ClN4O3. The van der Waals surface area contributed by atoms with Crippen molar-refractivity contribution >= 4 is 34.2 Å². The lowest BCUT2D eigenvalue weighted by Crippen LogP contribution is -2.14. The average Bonchev–Trinajstić information content (AvgIpc) is 3.31. The molecule has 160 valence electrons. The van der Waals surface area contributed by atoms with Gasteiger partial charge in [-0.15, -0.1) is 0 Å². The molecule has 8 heteroatoms. The third-order valence-electron chi connectivity index (χ3n) is 5.04. The number of anilines is 1. The molecule has 0 fully saturated rings. The molecule has 1 amide bonds. The standard InChI is InChI=1S/C23H23ClN4O3/c1-12(2)28-22-18(11-25-28)17(10-21(26-22)16-8-13(3)31-14(16)4)23(29)27-20-7-6-15(30-5)9-19(20)24/h6-12H,1-5H3,(H,27,29). The van der Waals surface area contributed by atoms with E-state index in [4.69, 9.17) is 25.7 Å². The Labute approximate surface area is 185 Å². The number of pyridine rings is 1. The van der Waals surface area contributed by atoms with E-state index in [9.17, 15) is 4.79 Å². The van der Waals surface area contributed by atoms with E-state index in [2.05, 4.69) is 10.4 Å². The van der Waals surface area contributed by atoms with Crippen LogP contribution in [0.15, 0.2) is 40.9 Å². The number of aryl methyl sites for hydroxylation is 2. The van der Waals surface area contributed by atoms with Crippen LogP contribution in [-0.2, 0) is 0 Å². The number of nitrogens with zero attached hydrogens (tertiary/aromatic N) is 3. The first-order chi connectivity index (χ1) is 14.8. The summed E-state index contributed by atoms with van der Waals surface area (Å²) < 4.78 is 12.7. The number of hydrogen-bond donors (Lipinski definition) is 1. The second kappa shape index (κ2) is 8.07. The lowest BCUT2D eigenvalue weighted by atomic mass is 10.1. The second-order valence-electron chi connectivity index (χ2n) is 7.60. The van der Waals surface area contributed by atoms with Gasteiger partial charge in [0.1, 0.15) is 17.3 Å². The highest BCUT2D eigenvalue weighted by Gasteiger charge is 2.21. The first kappa shape index (κ1) is 20.9. The number of furan rings is 1. The number of nitrogens with one attached hydrogen (secondary N) is 1. The molecule has 0 atom stereocenters. The van der Waals surface area contributed by atoms with Gasteiger partial charge in [-0.3, -0.25) is 4.79 Å². The Hall–Kier alpha value is -3.32. The van der Waals surface area contributed by atoms with Crippen molar-refractivity contribution in [1.82, 2.24) is 14.8 Å². The molecule has 0 saturated carbocycles. The van der Waals surface area contributed by atoms with Gasteiger partial charge in [0, 0.05) is 17.7 Å². The summed E-state index contributed by atoms with van der Waals surface area (Å²) in [7, 11) is 1.56. The maximum Gasteiger partial charge on any atom is 0.256 e. The van der Waals surface area contributed by atoms with Crippen molar-refractivity contribution in [2.45, 2.75) is 33.7 Å². The van der Waals surface area contributed by atoms with Gasteiger partial charge in [-0.1, -0.05) is 11.6 Å². The topological polar surface area (TPSA) is 82.2 Å². The molecule has 3 heterocycles. The minimum absolute atomic E-state index is 0.0828. The summed E-state index contributed by atoms with van der Waals surface area (Å²) in [4.78, 5) is 18.1. The van der Waals surface area contributed by atoms with Crippen LogP contribution >= 0.6 is 11.6 Å². The molecule has 0 unspecified atom stereocenters. The van der Waals surface area contributed by atoms with Gasteiger partial charge in [0.25, 0.3) is 5.91 Å². The van der Waals surface area contributed by atoms with Crippen LogP contribution < -0.4 is 10.1 Å². The minimum Gasteiger partial charge on any atom is -0.497 e. The van der Waals surface area contributed by atoms with E-state index in [0.29, 0.717) is 38.8 Å². The van der Waals surface area contributed by atoms with E-state index in [0.717, 1.165) is 17.1 Å². The second-order valence-corrected chi connectivity index (χ2v) is 8.01. The van der Waals surface area contributed by atoms with E-state index < -0.39 is 0 Å². The van der Waals surface area contributed by atoms with Gasteiger partial charge in [0.05, 0.1) is 40.7 Å². The molecule has 0 bridgehead atoms. The van der Waals surface area contributed by atoms with Crippen molar-refractivity contribution in [3.8, 4) is 17.0 Å². The Morgan fingerprint density at radius 2 is 2.00 bits per heavy atom. The number of ether oxygens (including phenoxy) is 1. The molecule has 0 aliphatic carbocycles. The lowest BCUT2D eigenvalue weighted by Gasteiger charge is -2.12. The molecule has 7 nitrogen and oxygen atoms in total. The van der Waals surface area contributed by atoms with Gasteiger partial charge in [-0.25, -0.2) is 9.67 Å². The Morgan fingerprint density at radius 3 is 2.61 bits per heavy atom. The number of halogens is 1. The number of amides is 1. The molecule has 31 heavy (non-hydrogen) atoms. The van der Waals surface area contributed by atoms with Crippen LogP contribution in [0.5, 0.6) is 5.75 Å². The highest BCUT2D eigenvalue weighted by atomic mass is 35.5. The quantitative estimate of drug-likeness (QED) is 0.425. The fraction of sp³-hybridized carbons (Fsp3) is 0.261. The summed E-state index contributed by atoms with van der Waals surface area (Å²) in [5.41, 5.74) is 3.07. The van der Waals surface area contributed by atoms with Crippen molar-refractivity contribution in [3.63, 3.8) is 0 Å². The molecule has 1 aromatic carbocycles. The largest absolute Gasteiger partial charge is 0.497 e. The van der Waals surface area contributed by atoms with E-state index in [-0.39, 0.29) is 11.9 Å². The SMILES string of the molecule is COc1ccc(NC(=O)c2cc(-c3cc(C)oc3C)nc3c2cnn3C(C)C)c(Cl)c1. The zero-order chi connectivity index (χ0) is 22.3. The highest BCUT2D eigenvalue weighted by molar-refractivity contribution is 6.34. The van der Waals surface area contributed by atoms with Gasteiger partial charge in [-0.05, 0) is 52.0 Å². The number of carbonyl (C=O) groups excluding carboxylic acids is 1. The Balaban J connectivity index is 1.84. The summed E-state index contributed by atoms with van der Waals surface area (Å²) in [6.07, 6.45) is 1.67.